The van der Waals surface area contributed by atoms with E-state index in [9.17, 15) is 9.59 Å². The fourth-order valence-electron chi connectivity index (χ4n) is 2.69. The lowest BCUT2D eigenvalue weighted by atomic mass is 10.2. The second-order valence-corrected chi connectivity index (χ2v) is 9.45. The molecule has 0 radical (unpaired) electrons. The highest BCUT2D eigenvalue weighted by molar-refractivity contribution is 8.00. The van der Waals surface area contributed by atoms with E-state index in [0.717, 1.165) is 15.3 Å². The van der Waals surface area contributed by atoms with Crippen molar-refractivity contribution in [2.45, 2.75) is 37.7 Å². The van der Waals surface area contributed by atoms with E-state index >= 15 is 0 Å². The molecule has 2 unspecified atom stereocenters. The van der Waals surface area contributed by atoms with Crippen molar-refractivity contribution < 1.29 is 9.53 Å². The number of carbonyl (C=O) groups is 1. The van der Waals surface area contributed by atoms with Crippen molar-refractivity contribution in [3.8, 4) is 10.4 Å². The minimum absolute atomic E-state index is 0.0242. The zero-order chi connectivity index (χ0) is 18.7. The molecule has 0 aliphatic carbocycles. The van der Waals surface area contributed by atoms with Gasteiger partial charge in [-0.3, -0.25) is 9.59 Å². The van der Waals surface area contributed by atoms with Gasteiger partial charge in [0, 0.05) is 21.1 Å². The topological polar surface area (TPSA) is 72.0 Å². The lowest BCUT2D eigenvalue weighted by Crippen LogP contribution is -2.15. The van der Waals surface area contributed by atoms with Crippen molar-refractivity contribution in [1.82, 2.24) is 9.97 Å². The third-order valence-corrected chi connectivity index (χ3v) is 6.87. The summed E-state index contributed by atoms with van der Waals surface area (Å²) < 4.78 is 4.99. The summed E-state index contributed by atoms with van der Waals surface area (Å²) in [5.41, 5.74) is 0.830. The Kier molecular flexibility index (Phi) is 6.16. The van der Waals surface area contributed by atoms with Crippen LogP contribution in [0, 0.1) is 0 Å². The van der Waals surface area contributed by atoms with E-state index in [1.807, 2.05) is 36.7 Å². The molecule has 0 spiro atoms. The summed E-state index contributed by atoms with van der Waals surface area (Å²) in [7, 11) is 0. The first-order valence-electron chi connectivity index (χ1n) is 8.36. The van der Waals surface area contributed by atoms with E-state index in [2.05, 4.69) is 9.97 Å². The fraction of sp³-hybridized carbons (Fsp3) is 0.389. The molecule has 3 heterocycles. The molecule has 0 saturated heterocycles. The smallest absolute Gasteiger partial charge is 0.306 e. The first kappa shape index (κ1) is 19.1. The van der Waals surface area contributed by atoms with Gasteiger partial charge in [-0.1, -0.05) is 13.0 Å². The summed E-state index contributed by atoms with van der Waals surface area (Å²) in [6.45, 7) is 6.16. The van der Waals surface area contributed by atoms with Gasteiger partial charge in [0.1, 0.15) is 10.7 Å². The Morgan fingerprint density at radius 2 is 2.19 bits per heavy atom. The van der Waals surface area contributed by atoms with Crippen LogP contribution in [0.25, 0.3) is 20.7 Å². The van der Waals surface area contributed by atoms with Crippen molar-refractivity contribution in [3.63, 3.8) is 0 Å². The Bertz CT molecular complexity index is 946. The predicted octanol–water partition coefficient (Wildman–Crippen LogP) is 4.85. The van der Waals surface area contributed by atoms with Crippen LogP contribution in [0.4, 0.5) is 0 Å². The molecule has 0 bridgehead atoms. The molecule has 0 saturated carbocycles. The van der Waals surface area contributed by atoms with Crippen molar-refractivity contribution in [1.29, 1.82) is 0 Å². The molecule has 0 aromatic carbocycles. The van der Waals surface area contributed by atoms with Crippen molar-refractivity contribution >= 4 is 50.6 Å². The van der Waals surface area contributed by atoms with Crippen LogP contribution in [0.3, 0.4) is 0 Å². The number of carbonyl (C=O) groups excluding carboxylic acids is 1. The number of hydrogen-bond acceptors (Lipinski definition) is 7. The number of fused-ring (bicyclic) bond motifs is 1. The molecule has 5 nitrogen and oxygen atoms in total. The standard InChI is InChI=1S/C18H20N2O3S3/c1-4-23-14(21)8-10(2)26-11(3)16-19-17(22)15-12(9-25-18(15)20-16)13-6-5-7-24-13/h5-7,9-11H,4,8H2,1-3H3,(H,19,20,22). The number of ether oxygens (including phenoxy) is 1. The van der Waals surface area contributed by atoms with Gasteiger partial charge in [0.05, 0.1) is 23.7 Å². The minimum Gasteiger partial charge on any atom is -0.466 e. The number of aromatic amines is 1. The van der Waals surface area contributed by atoms with Gasteiger partial charge < -0.3 is 9.72 Å². The molecule has 0 fully saturated rings. The molecule has 8 heteroatoms. The Morgan fingerprint density at radius 3 is 2.88 bits per heavy atom. The summed E-state index contributed by atoms with van der Waals surface area (Å²) in [6.07, 6.45) is 0.344. The molecule has 0 aliphatic rings. The quantitative estimate of drug-likeness (QED) is 0.566. The highest BCUT2D eigenvalue weighted by Gasteiger charge is 2.19. The normalized spacial score (nSPS) is 13.7. The summed E-state index contributed by atoms with van der Waals surface area (Å²) in [5.74, 6) is 0.443. The number of H-pyrrole nitrogens is 1. The summed E-state index contributed by atoms with van der Waals surface area (Å²) in [6, 6.07) is 3.98. The largest absolute Gasteiger partial charge is 0.466 e. The summed E-state index contributed by atoms with van der Waals surface area (Å²) in [4.78, 5) is 33.7. The number of nitrogens with zero attached hydrogens (tertiary/aromatic N) is 1. The van der Waals surface area contributed by atoms with Gasteiger partial charge in [0.15, 0.2) is 0 Å². The Hall–Kier alpha value is -1.64. The van der Waals surface area contributed by atoms with E-state index in [4.69, 9.17) is 4.74 Å². The molecule has 2 atom stereocenters. The molecular formula is C18H20N2O3S3. The predicted molar refractivity (Wildman–Crippen MR) is 110 cm³/mol. The lowest BCUT2D eigenvalue weighted by molar-refractivity contribution is -0.142. The Morgan fingerprint density at radius 1 is 1.38 bits per heavy atom. The number of aromatic nitrogens is 2. The molecule has 0 aliphatic heterocycles. The van der Waals surface area contributed by atoms with E-state index < -0.39 is 0 Å². The molecule has 3 aromatic rings. The number of rotatable bonds is 7. The van der Waals surface area contributed by atoms with Crippen LogP contribution < -0.4 is 5.56 Å². The van der Waals surface area contributed by atoms with Gasteiger partial charge in [-0.2, -0.15) is 0 Å². The fourth-order valence-corrected chi connectivity index (χ4v) is 5.63. The summed E-state index contributed by atoms with van der Waals surface area (Å²) in [5, 5.41) is 4.69. The zero-order valence-corrected chi connectivity index (χ0v) is 17.2. The van der Waals surface area contributed by atoms with Gasteiger partial charge in [0.2, 0.25) is 0 Å². The van der Waals surface area contributed by atoms with E-state index in [1.165, 1.54) is 11.3 Å². The minimum atomic E-state index is -0.199. The average molecular weight is 409 g/mol. The van der Waals surface area contributed by atoms with E-state index in [0.29, 0.717) is 24.2 Å². The number of thioether (sulfide) groups is 1. The van der Waals surface area contributed by atoms with E-state index in [-0.39, 0.29) is 22.0 Å². The number of nitrogens with one attached hydrogen (secondary N) is 1. The molecule has 3 aromatic heterocycles. The van der Waals surface area contributed by atoms with Gasteiger partial charge in [-0.25, -0.2) is 4.98 Å². The van der Waals surface area contributed by atoms with Crippen LogP contribution in [-0.2, 0) is 9.53 Å². The van der Waals surface area contributed by atoms with Crippen LogP contribution in [0.2, 0.25) is 0 Å². The van der Waals surface area contributed by atoms with Crippen LogP contribution in [0.15, 0.2) is 27.7 Å². The molecule has 26 heavy (non-hydrogen) atoms. The first-order chi connectivity index (χ1) is 12.5. The van der Waals surface area contributed by atoms with Crippen LogP contribution >= 0.6 is 34.4 Å². The Labute approximate surface area is 163 Å². The highest BCUT2D eigenvalue weighted by Crippen LogP contribution is 2.35. The van der Waals surface area contributed by atoms with Crippen molar-refractivity contribution in [2.75, 3.05) is 6.61 Å². The number of hydrogen-bond donors (Lipinski definition) is 1. The monoisotopic (exact) mass is 408 g/mol. The zero-order valence-electron chi connectivity index (χ0n) is 14.8. The lowest BCUT2D eigenvalue weighted by Gasteiger charge is -2.16. The maximum absolute atomic E-state index is 12.7. The Balaban J connectivity index is 1.81. The SMILES string of the molecule is CCOC(=O)CC(C)SC(C)c1nc2scc(-c3cccs3)c2c(=O)[nH]1. The number of esters is 1. The van der Waals surface area contributed by atoms with E-state index in [1.54, 1.807) is 30.0 Å². The first-order valence-corrected chi connectivity index (χ1v) is 11.1. The van der Waals surface area contributed by atoms with Gasteiger partial charge in [-0.05, 0) is 25.3 Å². The molecule has 0 amide bonds. The van der Waals surface area contributed by atoms with Crippen LogP contribution in [0.5, 0.6) is 0 Å². The van der Waals surface area contributed by atoms with Gasteiger partial charge in [0.25, 0.3) is 5.56 Å². The highest BCUT2D eigenvalue weighted by atomic mass is 32.2. The summed E-state index contributed by atoms with van der Waals surface area (Å²) >= 11 is 4.70. The van der Waals surface area contributed by atoms with Gasteiger partial charge >= 0.3 is 5.97 Å². The third kappa shape index (κ3) is 4.19. The maximum Gasteiger partial charge on any atom is 0.306 e. The molecule has 138 valence electrons. The number of thiophene rings is 2. The molecular weight excluding hydrogens is 388 g/mol. The van der Waals surface area contributed by atoms with Crippen LogP contribution in [0.1, 0.15) is 38.3 Å². The second-order valence-electron chi connectivity index (χ2n) is 5.86. The van der Waals surface area contributed by atoms with Crippen LogP contribution in [-0.4, -0.2) is 27.8 Å². The average Bonchev–Trinajstić information content (AvgIpc) is 3.23. The third-order valence-electron chi connectivity index (χ3n) is 3.83. The maximum atomic E-state index is 12.7. The van der Waals surface area contributed by atoms with Gasteiger partial charge in [-0.15, -0.1) is 34.4 Å². The molecule has 3 rings (SSSR count). The second kappa shape index (κ2) is 8.37. The van der Waals surface area contributed by atoms with Crippen molar-refractivity contribution in [2.24, 2.45) is 0 Å². The molecule has 1 N–H and O–H groups in total. The van der Waals surface area contributed by atoms with Crippen molar-refractivity contribution in [3.05, 3.63) is 39.1 Å².